The molecule has 0 aliphatic heterocycles. The summed E-state index contributed by atoms with van der Waals surface area (Å²) in [6.07, 6.45) is 5.81. The molecule has 2 heterocycles. The number of pyridine rings is 1. The molecule has 0 bridgehead atoms. The van der Waals surface area contributed by atoms with Crippen LogP contribution in [0.25, 0.3) is 10.9 Å². The fourth-order valence-electron chi connectivity index (χ4n) is 4.34. The number of amides is 1. The molecule has 1 amide bonds. The quantitative estimate of drug-likeness (QED) is 0.555. The van der Waals surface area contributed by atoms with Gasteiger partial charge in [0, 0.05) is 29.4 Å². The number of fused-ring (bicyclic) bond motifs is 1. The molecule has 7 nitrogen and oxygen atoms in total. The molecule has 0 radical (unpaired) electrons. The minimum absolute atomic E-state index is 0.0991. The fraction of sp³-hybridized carbons (Fsp3) is 0.458. The number of aromatic nitrogens is 3. The molecule has 4 rings (SSSR count). The summed E-state index contributed by atoms with van der Waals surface area (Å²) in [4.78, 5) is 16.8. The van der Waals surface area contributed by atoms with Crippen LogP contribution in [-0.2, 0) is 5.60 Å². The summed E-state index contributed by atoms with van der Waals surface area (Å²) in [6.45, 7) is 5.03. The Hall–Kier alpha value is -2.84. The van der Waals surface area contributed by atoms with Gasteiger partial charge in [-0.05, 0) is 76.6 Å². The van der Waals surface area contributed by atoms with E-state index in [2.05, 4.69) is 10.3 Å². The maximum atomic E-state index is 13.5. The predicted molar refractivity (Wildman–Crippen MR) is 120 cm³/mol. The van der Waals surface area contributed by atoms with Gasteiger partial charge < -0.3 is 15.5 Å². The number of nitrogens with zero attached hydrogens (tertiary/aromatic N) is 3. The van der Waals surface area contributed by atoms with Gasteiger partial charge >= 0.3 is 0 Å². The number of aliphatic hydroxyl groups is 2. The van der Waals surface area contributed by atoms with Gasteiger partial charge in [0.05, 0.1) is 22.9 Å². The van der Waals surface area contributed by atoms with Crippen LogP contribution in [0, 0.1) is 18.7 Å². The Kier molecular flexibility index (Phi) is 6.01. The second-order valence-corrected chi connectivity index (χ2v) is 9.20. The standard InChI is InChI=1S/C24H29FN4O3/c1-14-19(25)8-9-20(26-14)23(31)27-22-10-16-12-29(17-6-4-15(13-30)5-7-17)28-21(16)11-18(22)24(2,3)32/h8-12,15,17,30,32H,4-7,13H2,1-3H3,(H,27,31)/t15-,17-. The Morgan fingerprint density at radius 3 is 2.59 bits per heavy atom. The molecule has 1 aliphatic rings. The number of hydrogen-bond donors (Lipinski definition) is 3. The number of nitrogens with one attached hydrogen (secondary N) is 1. The molecule has 1 fully saturated rings. The van der Waals surface area contributed by atoms with Crippen molar-refractivity contribution >= 4 is 22.5 Å². The average molecular weight is 441 g/mol. The molecule has 2 aromatic heterocycles. The topological polar surface area (TPSA) is 100 Å². The minimum atomic E-state index is -1.22. The largest absolute Gasteiger partial charge is 0.396 e. The Morgan fingerprint density at radius 1 is 1.25 bits per heavy atom. The Labute approximate surface area is 186 Å². The zero-order chi connectivity index (χ0) is 23.0. The third kappa shape index (κ3) is 4.52. The van der Waals surface area contributed by atoms with E-state index >= 15 is 0 Å². The average Bonchev–Trinajstić information content (AvgIpc) is 3.17. The van der Waals surface area contributed by atoms with E-state index in [0.717, 1.165) is 36.6 Å². The van der Waals surface area contributed by atoms with Crippen molar-refractivity contribution in [3.63, 3.8) is 0 Å². The number of aryl methyl sites for hydroxylation is 1. The van der Waals surface area contributed by atoms with Crippen molar-refractivity contribution in [2.45, 2.75) is 58.1 Å². The van der Waals surface area contributed by atoms with Crippen molar-refractivity contribution in [2.24, 2.45) is 5.92 Å². The first-order chi connectivity index (χ1) is 15.2. The SMILES string of the molecule is Cc1nc(C(=O)Nc2cc3cn([C@H]4CC[C@H](CO)CC4)nc3cc2C(C)(C)O)ccc1F. The maximum absolute atomic E-state index is 13.5. The number of benzene rings is 1. The zero-order valence-corrected chi connectivity index (χ0v) is 18.6. The van der Waals surface area contributed by atoms with Crippen LogP contribution in [0.4, 0.5) is 10.1 Å². The monoisotopic (exact) mass is 440 g/mol. The highest BCUT2D eigenvalue weighted by Gasteiger charge is 2.26. The van der Waals surface area contributed by atoms with Crippen molar-refractivity contribution < 1.29 is 19.4 Å². The molecule has 1 aliphatic carbocycles. The van der Waals surface area contributed by atoms with E-state index < -0.39 is 17.3 Å². The Bertz CT molecular complexity index is 1140. The highest BCUT2D eigenvalue weighted by atomic mass is 19.1. The second-order valence-electron chi connectivity index (χ2n) is 9.20. The van der Waals surface area contributed by atoms with Crippen molar-refractivity contribution in [1.29, 1.82) is 0 Å². The van der Waals surface area contributed by atoms with Gasteiger partial charge in [-0.2, -0.15) is 5.10 Å². The molecule has 3 N–H and O–H groups in total. The van der Waals surface area contributed by atoms with E-state index in [1.54, 1.807) is 26.0 Å². The second kappa shape index (κ2) is 8.60. The van der Waals surface area contributed by atoms with E-state index in [1.807, 2.05) is 10.9 Å². The molecule has 32 heavy (non-hydrogen) atoms. The van der Waals surface area contributed by atoms with Crippen molar-refractivity contribution in [1.82, 2.24) is 14.8 Å². The summed E-state index contributed by atoms with van der Waals surface area (Å²) in [5.41, 5.74) is 0.760. The lowest BCUT2D eigenvalue weighted by atomic mass is 9.87. The molecule has 1 aromatic carbocycles. The first kappa shape index (κ1) is 22.4. The fourth-order valence-corrected chi connectivity index (χ4v) is 4.34. The normalized spacial score (nSPS) is 19.3. The third-order valence-electron chi connectivity index (χ3n) is 6.27. The van der Waals surface area contributed by atoms with Crippen molar-refractivity contribution in [2.75, 3.05) is 11.9 Å². The van der Waals surface area contributed by atoms with Crippen LogP contribution in [-0.4, -0.2) is 37.5 Å². The van der Waals surface area contributed by atoms with Crippen LogP contribution in [0.5, 0.6) is 0 Å². The number of carbonyl (C=O) groups is 1. The number of halogens is 1. The molecule has 0 atom stereocenters. The summed E-state index contributed by atoms with van der Waals surface area (Å²) >= 11 is 0. The van der Waals surface area contributed by atoms with Crippen LogP contribution in [0.15, 0.2) is 30.5 Å². The smallest absolute Gasteiger partial charge is 0.274 e. The van der Waals surface area contributed by atoms with Gasteiger partial charge in [-0.1, -0.05) is 0 Å². The maximum Gasteiger partial charge on any atom is 0.274 e. The molecule has 8 heteroatoms. The molecular weight excluding hydrogens is 411 g/mol. The molecule has 170 valence electrons. The Morgan fingerprint density at radius 2 is 1.97 bits per heavy atom. The van der Waals surface area contributed by atoms with Gasteiger partial charge in [-0.3, -0.25) is 9.48 Å². The lowest BCUT2D eigenvalue weighted by Gasteiger charge is -2.27. The third-order valence-corrected chi connectivity index (χ3v) is 6.27. The number of anilines is 1. The minimum Gasteiger partial charge on any atom is -0.396 e. The summed E-state index contributed by atoms with van der Waals surface area (Å²) in [5, 5.41) is 28.5. The summed E-state index contributed by atoms with van der Waals surface area (Å²) in [5.74, 6) is -0.586. The van der Waals surface area contributed by atoms with Crippen LogP contribution in [0.3, 0.4) is 0 Å². The molecule has 0 saturated heterocycles. The number of aliphatic hydroxyl groups excluding tert-OH is 1. The molecular formula is C24H29FN4O3. The van der Waals surface area contributed by atoms with Gasteiger partial charge in [0.1, 0.15) is 11.5 Å². The lowest BCUT2D eigenvalue weighted by Crippen LogP contribution is -2.21. The van der Waals surface area contributed by atoms with Gasteiger partial charge in [0.25, 0.3) is 5.91 Å². The first-order valence-corrected chi connectivity index (χ1v) is 11.0. The molecule has 3 aromatic rings. The number of carbonyl (C=O) groups excluding carboxylic acids is 1. The van der Waals surface area contributed by atoms with Gasteiger partial charge in [-0.15, -0.1) is 0 Å². The van der Waals surface area contributed by atoms with Crippen LogP contribution in [0.2, 0.25) is 0 Å². The Balaban J connectivity index is 1.66. The van der Waals surface area contributed by atoms with Gasteiger partial charge in [-0.25, -0.2) is 9.37 Å². The zero-order valence-electron chi connectivity index (χ0n) is 18.6. The van der Waals surface area contributed by atoms with Crippen molar-refractivity contribution in [3.05, 3.63) is 53.2 Å². The number of hydrogen-bond acceptors (Lipinski definition) is 5. The highest BCUT2D eigenvalue weighted by molar-refractivity contribution is 6.04. The van der Waals surface area contributed by atoms with E-state index in [0.29, 0.717) is 17.2 Å². The molecule has 0 spiro atoms. The van der Waals surface area contributed by atoms with Gasteiger partial charge in [0.15, 0.2) is 0 Å². The molecule has 0 unspecified atom stereocenters. The summed E-state index contributed by atoms with van der Waals surface area (Å²) < 4.78 is 15.5. The highest BCUT2D eigenvalue weighted by Crippen LogP contribution is 2.35. The van der Waals surface area contributed by atoms with E-state index in [-0.39, 0.29) is 24.0 Å². The molecule has 1 saturated carbocycles. The summed E-state index contributed by atoms with van der Waals surface area (Å²) in [6, 6.07) is 6.41. The van der Waals surface area contributed by atoms with Crippen LogP contribution >= 0.6 is 0 Å². The summed E-state index contributed by atoms with van der Waals surface area (Å²) in [7, 11) is 0. The van der Waals surface area contributed by atoms with Crippen molar-refractivity contribution in [3.8, 4) is 0 Å². The van der Waals surface area contributed by atoms with Crippen LogP contribution < -0.4 is 5.32 Å². The predicted octanol–water partition coefficient (Wildman–Crippen LogP) is 4.08. The van der Waals surface area contributed by atoms with E-state index in [9.17, 15) is 19.4 Å². The van der Waals surface area contributed by atoms with Gasteiger partial charge in [0.2, 0.25) is 0 Å². The first-order valence-electron chi connectivity index (χ1n) is 11.0. The number of rotatable bonds is 5. The van der Waals surface area contributed by atoms with Crippen LogP contribution in [0.1, 0.15) is 67.3 Å². The van der Waals surface area contributed by atoms with E-state index in [1.165, 1.54) is 19.1 Å². The lowest BCUT2D eigenvalue weighted by molar-refractivity contribution is 0.0793. The van der Waals surface area contributed by atoms with E-state index in [4.69, 9.17) is 5.10 Å².